The van der Waals surface area contributed by atoms with Gasteiger partial charge in [-0.2, -0.15) is 0 Å². The molecule has 0 aliphatic rings. The molecular formula is C24H21Cl2PS. The molecule has 4 rings (SSSR count). The first-order chi connectivity index (χ1) is 13.6. The molecule has 3 aromatic carbocycles. The Labute approximate surface area is 181 Å². The monoisotopic (exact) mass is 442 g/mol. The van der Waals surface area contributed by atoms with Gasteiger partial charge in [0.25, 0.3) is 0 Å². The topological polar surface area (TPSA) is 0 Å². The van der Waals surface area contributed by atoms with Crippen LogP contribution in [0.4, 0.5) is 0 Å². The van der Waals surface area contributed by atoms with Crippen LogP contribution in [0.3, 0.4) is 0 Å². The number of rotatable bonds is 5. The summed E-state index contributed by atoms with van der Waals surface area (Å²) < 4.78 is 0.808. The van der Waals surface area contributed by atoms with Crippen LogP contribution in [0, 0.1) is 6.92 Å². The van der Waals surface area contributed by atoms with Gasteiger partial charge in [-0.15, -0.1) is 0 Å². The molecule has 0 radical (unpaired) electrons. The molecular weight excluding hydrogens is 422 g/mol. The first-order valence-corrected chi connectivity index (χ1v) is 13.0. The maximum atomic E-state index is 6.73. The zero-order valence-corrected chi connectivity index (χ0v) is 18.9. The predicted octanol–water partition coefficient (Wildman–Crippen LogP) is 6.59. The van der Waals surface area contributed by atoms with Gasteiger partial charge in [0.05, 0.1) is 0 Å². The molecule has 0 bridgehead atoms. The second kappa shape index (κ2) is 8.39. The van der Waals surface area contributed by atoms with E-state index in [1.165, 1.54) is 15.9 Å². The predicted molar refractivity (Wildman–Crippen MR) is 129 cm³/mol. The van der Waals surface area contributed by atoms with Crippen molar-refractivity contribution < 1.29 is 0 Å². The van der Waals surface area contributed by atoms with Crippen molar-refractivity contribution in [2.75, 3.05) is 0 Å². The normalized spacial score (nSPS) is 12.1. The minimum absolute atomic E-state index is 0.808. The van der Waals surface area contributed by atoms with Crippen LogP contribution in [0.25, 0.3) is 0 Å². The summed E-state index contributed by atoms with van der Waals surface area (Å²) in [6.45, 7) is 2.04. The van der Waals surface area contributed by atoms with E-state index in [1.807, 2.05) is 6.92 Å². The Morgan fingerprint density at radius 3 is 1.39 bits per heavy atom. The van der Waals surface area contributed by atoms with Crippen molar-refractivity contribution in [3.63, 3.8) is 0 Å². The molecule has 4 heteroatoms. The van der Waals surface area contributed by atoms with Gasteiger partial charge in [-0.1, -0.05) is 0 Å². The first kappa shape index (κ1) is 19.7. The van der Waals surface area contributed by atoms with E-state index in [0.717, 1.165) is 26.0 Å². The van der Waals surface area contributed by atoms with E-state index in [1.54, 1.807) is 11.3 Å². The Hall–Kier alpha value is -1.63. The van der Waals surface area contributed by atoms with E-state index in [4.69, 9.17) is 23.2 Å². The molecule has 0 nitrogen and oxygen atoms in total. The molecule has 0 saturated heterocycles. The molecule has 0 saturated carbocycles. The number of hydrogen-bond acceptors (Lipinski definition) is 1. The molecule has 0 aliphatic heterocycles. The van der Waals surface area contributed by atoms with Crippen LogP contribution >= 0.6 is 41.8 Å². The Morgan fingerprint density at radius 1 is 0.679 bits per heavy atom. The van der Waals surface area contributed by atoms with Gasteiger partial charge in [0.2, 0.25) is 0 Å². The van der Waals surface area contributed by atoms with Crippen LogP contribution < -0.4 is 15.9 Å². The van der Waals surface area contributed by atoms with Crippen LogP contribution in [0.1, 0.15) is 10.4 Å². The summed E-state index contributed by atoms with van der Waals surface area (Å²) in [6.07, 6.45) is 0.840. The second-order valence-corrected chi connectivity index (χ2v) is 13.0. The van der Waals surface area contributed by atoms with Crippen LogP contribution in [0.15, 0.2) is 91.0 Å². The van der Waals surface area contributed by atoms with Gasteiger partial charge in [0.1, 0.15) is 0 Å². The number of aryl methyl sites for hydroxylation is 1. The average molecular weight is 443 g/mol. The molecule has 142 valence electrons. The summed E-state index contributed by atoms with van der Waals surface area (Å²) in [7, 11) is -2.38. The zero-order chi connectivity index (χ0) is 19.6. The Balaban J connectivity index is 2.04. The van der Waals surface area contributed by atoms with E-state index >= 15 is 0 Å². The van der Waals surface area contributed by atoms with Crippen LogP contribution in [0.5, 0.6) is 0 Å². The van der Waals surface area contributed by atoms with Gasteiger partial charge in [-0.05, 0) is 0 Å². The van der Waals surface area contributed by atoms with Crippen LogP contribution in [-0.4, -0.2) is 0 Å². The van der Waals surface area contributed by atoms with Crippen molar-refractivity contribution in [1.29, 1.82) is 0 Å². The quantitative estimate of drug-likeness (QED) is 0.305. The summed E-state index contributed by atoms with van der Waals surface area (Å²) in [4.78, 5) is 1.08. The van der Waals surface area contributed by atoms with Crippen molar-refractivity contribution in [3.8, 4) is 0 Å². The van der Waals surface area contributed by atoms with Gasteiger partial charge in [0.15, 0.2) is 0 Å². The number of benzene rings is 3. The third kappa shape index (κ3) is 3.53. The Bertz CT molecular complexity index is 963. The minimum atomic E-state index is -2.38. The fourth-order valence-electron chi connectivity index (χ4n) is 3.93. The molecule has 0 unspecified atom stereocenters. The third-order valence-corrected chi connectivity index (χ3v) is 12.2. The van der Waals surface area contributed by atoms with E-state index in [2.05, 4.69) is 91.0 Å². The third-order valence-electron chi connectivity index (χ3n) is 5.30. The van der Waals surface area contributed by atoms with Gasteiger partial charge in [0, 0.05) is 0 Å². The van der Waals surface area contributed by atoms with Gasteiger partial charge < -0.3 is 0 Å². The van der Waals surface area contributed by atoms with Crippen molar-refractivity contribution >= 4 is 57.7 Å². The number of halogens is 2. The molecule has 1 heterocycles. The Kier molecular flexibility index (Phi) is 5.90. The molecule has 1 aromatic heterocycles. The van der Waals surface area contributed by atoms with Gasteiger partial charge >= 0.3 is 182 Å². The summed E-state index contributed by atoms with van der Waals surface area (Å²) in [5.74, 6) is 0. The van der Waals surface area contributed by atoms with Crippen molar-refractivity contribution in [2.24, 2.45) is 0 Å². The molecule has 28 heavy (non-hydrogen) atoms. The van der Waals surface area contributed by atoms with E-state index in [-0.39, 0.29) is 0 Å². The molecule has 0 fully saturated rings. The SMILES string of the molecule is Cc1sc(Cl)c(C[PH](c2ccccc2)(c2ccccc2)c2ccccc2)c1Cl. The average Bonchev–Trinajstić information content (AvgIpc) is 2.99. The number of hydrogen-bond donors (Lipinski definition) is 0. The fourth-order valence-corrected chi connectivity index (χ4v) is 10.7. The summed E-state index contributed by atoms with van der Waals surface area (Å²) in [5, 5.41) is 4.91. The molecule has 0 aliphatic carbocycles. The van der Waals surface area contributed by atoms with Crippen molar-refractivity contribution in [1.82, 2.24) is 0 Å². The number of thiophene rings is 1. The fraction of sp³-hybridized carbons (Fsp3) is 0.0833. The summed E-state index contributed by atoms with van der Waals surface area (Å²) >= 11 is 15.0. The van der Waals surface area contributed by atoms with E-state index in [9.17, 15) is 0 Å². The zero-order valence-electron chi connectivity index (χ0n) is 15.5. The second-order valence-electron chi connectivity index (χ2n) is 6.90. The molecule has 4 aromatic rings. The molecule has 0 amide bonds. The van der Waals surface area contributed by atoms with Gasteiger partial charge in [-0.25, -0.2) is 0 Å². The van der Waals surface area contributed by atoms with Gasteiger partial charge in [-0.3, -0.25) is 0 Å². The van der Waals surface area contributed by atoms with Crippen LogP contribution in [0.2, 0.25) is 9.36 Å². The summed E-state index contributed by atoms with van der Waals surface area (Å²) in [6, 6.07) is 32.6. The molecule has 0 N–H and O–H groups in total. The van der Waals surface area contributed by atoms with Crippen LogP contribution in [-0.2, 0) is 6.16 Å². The molecule has 0 atom stereocenters. The summed E-state index contributed by atoms with van der Waals surface area (Å²) in [5.41, 5.74) is 1.08. The standard InChI is InChI=1S/C24H21Cl2PS/c1-18-23(25)22(24(26)28-18)17-27(19-11-5-2-6-12-19,20-13-7-3-8-14-20)21-15-9-4-10-16-21/h2-16,27H,17H2,1H3. The maximum absolute atomic E-state index is 6.73. The Morgan fingerprint density at radius 2 is 1.07 bits per heavy atom. The van der Waals surface area contributed by atoms with E-state index in [0.29, 0.717) is 0 Å². The first-order valence-electron chi connectivity index (χ1n) is 9.23. The molecule has 0 spiro atoms. The van der Waals surface area contributed by atoms with Crippen molar-refractivity contribution in [3.05, 3.63) is 111 Å². The van der Waals surface area contributed by atoms with E-state index < -0.39 is 7.26 Å². The van der Waals surface area contributed by atoms with Crippen molar-refractivity contribution in [2.45, 2.75) is 13.1 Å².